The van der Waals surface area contributed by atoms with Crippen molar-refractivity contribution >= 4 is 15.7 Å². The van der Waals surface area contributed by atoms with Gasteiger partial charge < -0.3 is 10.5 Å². The lowest BCUT2D eigenvalue weighted by Crippen LogP contribution is -2.50. The third kappa shape index (κ3) is 3.78. The molecular weight excluding hydrogens is 374 g/mol. The number of nitrogens with zero attached hydrogens (tertiary/aromatic N) is 1. The van der Waals surface area contributed by atoms with Crippen molar-refractivity contribution in [3.8, 4) is 11.5 Å². The molecule has 1 unspecified atom stereocenters. The van der Waals surface area contributed by atoms with E-state index in [1.807, 2.05) is 0 Å². The molecular formula is C19H19F2N2O3S+. The molecule has 0 saturated carbocycles. The number of nitrogens with two attached hydrogens (primary N) is 1. The number of benzene rings is 2. The minimum Gasteiger partial charge on any atom is -0.454 e. The van der Waals surface area contributed by atoms with Gasteiger partial charge in [0.2, 0.25) is 0 Å². The van der Waals surface area contributed by atoms with Crippen molar-refractivity contribution in [2.45, 2.75) is 0 Å². The van der Waals surface area contributed by atoms with Crippen molar-refractivity contribution in [3.05, 3.63) is 78.0 Å². The van der Waals surface area contributed by atoms with Gasteiger partial charge in [-0.2, -0.15) is 12.3 Å². The Morgan fingerprint density at radius 3 is 2.44 bits per heavy atom. The zero-order chi connectivity index (χ0) is 19.7. The van der Waals surface area contributed by atoms with E-state index in [0.717, 1.165) is 18.4 Å². The molecule has 0 bridgehead atoms. The number of hydrogen-bond acceptors (Lipinski definition) is 4. The van der Waals surface area contributed by atoms with E-state index in [4.69, 9.17) is 10.5 Å². The first-order valence-corrected chi connectivity index (χ1v) is 10.00. The highest BCUT2D eigenvalue weighted by molar-refractivity contribution is 7.90. The number of sulfonamides is 1. The van der Waals surface area contributed by atoms with Crippen LogP contribution in [0.3, 0.4) is 0 Å². The molecule has 1 heterocycles. The molecule has 5 nitrogen and oxygen atoms in total. The van der Waals surface area contributed by atoms with E-state index < -0.39 is 25.5 Å². The van der Waals surface area contributed by atoms with Gasteiger partial charge in [0.1, 0.15) is 24.3 Å². The summed E-state index contributed by atoms with van der Waals surface area (Å²) in [5.74, 6) is -1.35. The standard InChI is InChI=1S/C19H19F2N2O3S/c1-27(24,25)23(10-2-3-14(12-22)13-23)16-5-7-17(8-6-16)26-19-9-4-15(20)11-18(19)21/h2-9,11,13H,10,12,22H2,1H3/q+1. The van der Waals surface area contributed by atoms with E-state index in [0.29, 0.717) is 17.0 Å². The monoisotopic (exact) mass is 393 g/mol. The number of hydrogen-bond donors (Lipinski definition) is 1. The second kappa shape index (κ2) is 7.22. The predicted molar refractivity (Wildman–Crippen MR) is 101 cm³/mol. The SMILES string of the molecule is CS(=O)(=O)[N+]1(c2ccc(Oc3ccc(F)cc3F)cc2)C=C(CN)C=CC1. The lowest BCUT2D eigenvalue weighted by atomic mass is 10.2. The van der Waals surface area contributed by atoms with Gasteiger partial charge in [-0.15, -0.1) is 0 Å². The zero-order valence-corrected chi connectivity index (χ0v) is 15.4. The minimum atomic E-state index is -3.55. The zero-order valence-electron chi connectivity index (χ0n) is 14.6. The molecule has 0 aromatic heterocycles. The molecule has 0 fully saturated rings. The average Bonchev–Trinajstić information content (AvgIpc) is 2.63. The molecule has 0 amide bonds. The summed E-state index contributed by atoms with van der Waals surface area (Å²) in [6, 6.07) is 9.29. The van der Waals surface area contributed by atoms with Crippen LogP contribution in [0, 0.1) is 11.6 Å². The maximum Gasteiger partial charge on any atom is 0.303 e. The fourth-order valence-electron chi connectivity index (χ4n) is 2.90. The van der Waals surface area contributed by atoms with Crippen LogP contribution in [-0.4, -0.2) is 27.8 Å². The summed E-state index contributed by atoms with van der Waals surface area (Å²) in [4.78, 5) is 0. The number of ether oxygens (including phenoxy) is 1. The predicted octanol–water partition coefficient (Wildman–Crippen LogP) is 3.44. The van der Waals surface area contributed by atoms with Crippen LogP contribution in [-0.2, 0) is 10.0 Å². The van der Waals surface area contributed by atoms with E-state index in [1.54, 1.807) is 30.5 Å². The smallest absolute Gasteiger partial charge is 0.303 e. The molecule has 2 aromatic rings. The van der Waals surface area contributed by atoms with Crippen LogP contribution in [0.25, 0.3) is 0 Å². The van der Waals surface area contributed by atoms with Crippen molar-refractivity contribution in [2.75, 3.05) is 19.3 Å². The van der Waals surface area contributed by atoms with Gasteiger partial charge in [0.25, 0.3) is 0 Å². The second-order valence-corrected chi connectivity index (χ2v) is 8.31. The van der Waals surface area contributed by atoms with Gasteiger partial charge in [-0.05, 0) is 30.3 Å². The quantitative estimate of drug-likeness (QED) is 0.790. The highest BCUT2D eigenvalue weighted by Crippen LogP contribution is 2.34. The largest absolute Gasteiger partial charge is 0.454 e. The van der Waals surface area contributed by atoms with Gasteiger partial charge in [0.05, 0.1) is 6.26 Å². The molecule has 1 aliphatic heterocycles. The van der Waals surface area contributed by atoms with Gasteiger partial charge in [0, 0.05) is 30.3 Å². The molecule has 3 rings (SSSR count). The Balaban J connectivity index is 1.95. The molecule has 8 heteroatoms. The number of quaternary nitrogens is 1. The number of halogens is 2. The van der Waals surface area contributed by atoms with Gasteiger partial charge in [-0.25, -0.2) is 8.78 Å². The third-order valence-corrected chi connectivity index (χ3v) is 5.95. The number of rotatable bonds is 5. The molecule has 2 aromatic carbocycles. The van der Waals surface area contributed by atoms with Gasteiger partial charge in [-0.1, -0.05) is 6.08 Å². The first-order chi connectivity index (χ1) is 12.7. The lowest BCUT2D eigenvalue weighted by Gasteiger charge is -2.33. The first-order valence-electron chi connectivity index (χ1n) is 8.15. The maximum atomic E-state index is 13.7. The Kier molecular flexibility index (Phi) is 5.14. The molecule has 2 N–H and O–H groups in total. The summed E-state index contributed by atoms with van der Waals surface area (Å²) in [5.41, 5.74) is 6.88. The molecule has 142 valence electrons. The van der Waals surface area contributed by atoms with Crippen LogP contribution in [0.15, 0.2) is 66.4 Å². The van der Waals surface area contributed by atoms with Crippen LogP contribution in [0.4, 0.5) is 14.5 Å². The van der Waals surface area contributed by atoms with Crippen molar-refractivity contribution in [3.63, 3.8) is 0 Å². The van der Waals surface area contributed by atoms with Gasteiger partial charge in [0.15, 0.2) is 17.3 Å². The first kappa shape index (κ1) is 19.2. The highest BCUT2D eigenvalue weighted by atomic mass is 32.2. The third-order valence-electron chi connectivity index (χ3n) is 4.31. The lowest BCUT2D eigenvalue weighted by molar-refractivity contribution is 0.437. The van der Waals surface area contributed by atoms with E-state index in [9.17, 15) is 17.2 Å². The molecule has 1 aliphatic rings. The maximum absolute atomic E-state index is 13.7. The van der Waals surface area contributed by atoms with Crippen LogP contribution >= 0.6 is 0 Å². The summed E-state index contributed by atoms with van der Waals surface area (Å²) >= 11 is 0. The van der Waals surface area contributed by atoms with Crippen molar-refractivity contribution in [1.82, 2.24) is 3.89 Å². The summed E-state index contributed by atoms with van der Waals surface area (Å²) in [6.45, 7) is 0.451. The Labute approximate surface area is 156 Å². The summed E-state index contributed by atoms with van der Waals surface area (Å²) in [5, 5.41) is 0. The molecule has 0 spiro atoms. The Bertz CT molecular complexity index is 1020. The molecule has 0 saturated heterocycles. The molecule has 0 aliphatic carbocycles. The van der Waals surface area contributed by atoms with Crippen molar-refractivity contribution < 1.29 is 21.9 Å². The van der Waals surface area contributed by atoms with E-state index in [-0.39, 0.29) is 18.8 Å². The Morgan fingerprint density at radius 2 is 1.85 bits per heavy atom. The van der Waals surface area contributed by atoms with Gasteiger partial charge in [-0.3, -0.25) is 0 Å². The summed E-state index contributed by atoms with van der Waals surface area (Å²) in [6.07, 6.45) is 6.35. The topological polar surface area (TPSA) is 69.4 Å². The molecule has 27 heavy (non-hydrogen) atoms. The summed E-state index contributed by atoms with van der Waals surface area (Å²) < 4.78 is 56.9. The fraction of sp³-hybridized carbons (Fsp3) is 0.158. The van der Waals surface area contributed by atoms with Gasteiger partial charge >= 0.3 is 10.0 Å². The van der Waals surface area contributed by atoms with Crippen molar-refractivity contribution in [1.29, 1.82) is 0 Å². The minimum absolute atomic E-state index is 0.123. The fourth-order valence-corrected chi connectivity index (χ4v) is 4.09. The van der Waals surface area contributed by atoms with Crippen LogP contribution in [0.2, 0.25) is 0 Å². The molecule has 1 atom stereocenters. The highest BCUT2D eigenvalue weighted by Gasteiger charge is 2.40. The van der Waals surface area contributed by atoms with Crippen LogP contribution in [0.5, 0.6) is 11.5 Å². The Hall–Kier alpha value is -2.55. The van der Waals surface area contributed by atoms with E-state index in [2.05, 4.69) is 0 Å². The van der Waals surface area contributed by atoms with E-state index in [1.165, 1.54) is 18.2 Å². The van der Waals surface area contributed by atoms with Crippen molar-refractivity contribution in [2.24, 2.45) is 5.73 Å². The van der Waals surface area contributed by atoms with Crippen LogP contribution in [0.1, 0.15) is 0 Å². The average molecular weight is 393 g/mol. The summed E-state index contributed by atoms with van der Waals surface area (Å²) in [7, 11) is -3.55. The molecule has 0 radical (unpaired) electrons. The Morgan fingerprint density at radius 1 is 1.15 bits per heavy atom. The van der Waals surface area contributed by atoms with Crippen LogP contribution < -0.4 is 14.4 Å². The van der Waals surface area contributed by atoms with E-state index >= 15 is 0 Å². The normalized spacial score (nSPS) is 19.6. The second-order valence-electron chi connectivity index (χ2n) is 6.19.